The Morgan fingerprint density at radius 2 is 2.22 bits per heavy atom. The molecule has 1 heterocycles. The maximum absolute atomic E-state index is 11.5. The van der Waals surface area contributed by atoms with E-state index in [1.807, 2.05) is 5.43 Å². The van der Waals surface area contributed by atoms with Gasteiger partial charge in [0.25, 0.3) is 5.91 Å². The number of ether oxygens (including phenoxy) is 1. The molecule has 0 aliphatic heterocycles. The lowest BCUT2D eigenvalue weighted by Crippen LogP contribution is -2.30. The topological polar surface area (TPSA) is 103 Å². The molecule has 0 atom stereocenters. The molecule has 6 nitrogen and oxygen atoms in total. The maximum atomic E-state index is 11.5. The molecule has 0 aliphatic rings. The summed E-state index contributed by atoms with van der Waals surface area (Å²) >= 11 is 6.07. The summed E-state index contributed by atoms with van der Waals surface area (Å²) in [6.07, 6.45) is 1.33. The third-order valence-electron chi connectivity index (χ3n) is 2.57. The highest BCUT2D eigenvalue weighted by Crippen LogP contribution is 2.35. The highest BCUT2D eigenvalue weighted by Gasteiger charge is 2.16. The Hall–Kier alpha value is -2.05. The van der Waals surface area contributed by atoms with E-state index in [1.54, 1.807) is 12.1 Å². The standard InChI is InChI=1S/C11H11ClN4O2/c1-18-7-3-2-6(12)8-9(13)5(11(17)16-14)4-15-10(7)8/h2-4H,14H2,1H3,(H2,13,15)(H,16,17). The summed E-state index contributed by atoms with van der Waals surface area (Å²) in [6, 6.07) is 3.31. The van der Waals surface area contributed by atoms with Crippen LogP contribution < -0.4 is 21.7 Å². The fourth-order valence-corrected chi connectivity index (χ4v) is 1.94. The van der Waals surface area contributed by atoms with E-state index in [-0.39, 0.29) is 11.3 Å². The summed E-state index contributed by atoms with van der Waals surface area (Å²) in [5.74, 6) is 5.07. The van der Waals surface area contributed by atoms with Gasteiger partial charge in [0, 0.05) is 11.6 Å². The molecule has 7 heteroatoms. The van der Waals surface area contributed by atoms with E-state index in [0.29, 0.717) is 21.7 Å². The number of nitrogens with two attached hydrogens (primary N) is 2. The molecule has 0 bridgehead atoms. The zero-order chi connectivity index (χ0) is 13.3. The van der Waals surface area contributed by atoms with Crippen molar-refractivity contribution in [3.05, 3.63) is 28.9 Å². The van der Waals surface area contributed by atoms with E-state index in [0.717, 1.165) is 0 Å². The molecule has 0 spiro atoms. The number of nitrogens with one attached hydrogen (secondary N) is 1. The number of hydrazine groups is 1. The maximum Gasteiger partial charge on any atom is 0.268 e. The van der Waals surface area contributed by atoms with E-state index in [1.165, 1.54) is 13.3 Å². The van der Waals surface area contributed by atoms with Crippen molar-refractivity contribution in [1.29, 1.82) is 0 Å². The number of rotatable bonds is 2. The largest absolute Gasteiger partial charge is 0.494 e. The molecule has 94 valence electrons. The van der Waals surface area contributed by atoms with E-state index in [4.69, 9.17) is 27.9 Å². The Labute approximate surface area is 108 Å². The van der Waals surface area contributed by atoms with Crippen LogP contribution in [-0.4, -0.2) is 18.0 Å². The van der Waals surface area contributed by atoms with Gasteiger partial charge in [0.2, 0.25) is 0 Å². The van der Waals surface area contributed by atoms with Crippen molar-refractivity contribution in [2.75, 3.05) is 12.8 Å². The summed E-state index contributed by atoms with van der Waals surface area (Å²) in [5.41, 5.74) is 8.80. The van der Waals surface area contributed by atoms with Gasteiger partial charge in [-0.15, -0.1) is 0 Å². The molecule has 5 N–H and O–H groups in total. The fraction of sp³-hybridized carbons (Fsp3) is 0.0909. The van der Waals surface area contributed by atoms with E-state index < -0.39 is 5.91 Å². The first-order valence-corrected chi connectivity index (χ1v) is 5.39. The lowest BCUT2D eigenvalue weighted by molar-refractivity contribution is 0.0954. The molecule has 0 fully saturated rings. The zero-order valence-corrected chi connectivity index (χ0v) is 10.3. The number of methoxy groups -OCH3 is 1. The van der Waals surface area contributed by atoms with E-state index in [2.05, 4.69) is 4.98 Å². The average molecular weight is 267 g/mol. The molecular weight excluding hydrogens is 256 g/mol. The predicted octanol–water partition coefficient (Wildman–Crippen LogP) is 1.08. The third kappa shape index (κ3) is 1.81. The molecule has 2 aromatic rings. The summed E-state index contributed by atoms with van der Waals surface area (Å²) in [7, 11) is 1.51. The minimum atomic E-state index is -0.527. The number of nitrogen functional groups attached to an aromatic ring is 2. The van der Waals surface area contributed by atoms with Gasteiger partial charge < -0.3 is 10.5 Å². The number of amides is 1. The Morgan fingerprint density at radius 3 is 2.83 bits per heavy atom. The van der Waals surface area contributed by atoms with Crippen molar-refractivity contribution >= 4 is 34.1 Å². The Bertz CT molecular complexity index is 630. The number of fused-ring (bicyclic) bond motifs is 1. The molecule has 18 heavy (non-hydrogen) atoms. The molecule has 0 aliphatic carbocycles. The number of halogens is 1. The van der Waals surface area contributed by atoms with Crippen LogP contribution in [0.25, 0.3) is 10.9 Å². The van der Waals surface area contributed by atoms with Crippen molar-refractivity contribution in [1.82, 2.24) is 10.4 Å². The first kappa shape index (κ1) is 12.4. The smallest absolute Gasteiger partial charge is 0.268 e. The van der Waals surface area contributed by atoms with Crippen molar-refractivity contribution in [3.8, 4) is 5.75 Å². The van der Waals surface area contributed by atoms with Gasteiger partial charge in [-0.1, -0.05) is 11.6 Å². The number of anilines is 1. The SMILES string of the molecule is COc1ccc(Cl)c2c(N)c(C(=O)NN)cnc12. The summed E-state index contributed by atoms with van der Waals surface area (Å²) in [5, 5.41) is 0.861. The summed E-state index contributed by atoms with van der Waals surface area (Å²) in [4.78, 5) is 15.7. The molecule has 0 radical (unpaired) electrons. The minimum absolute atomic E-state index is 0.167. The number of carbonyl (C=O) groups is 1. The quantitative estimate of drug-likeness (QED) is 0.429. The Balaban J connectivity index is 2.82. The van der Waals surface area contributed by atoms with Crippen molar-refractivity contribution in [2.45, 2.75) is 0 Å². The van der Waals surface area contributed by atoms with Crippen molar-refractivity contribution in [3.63, 3.8) is 0 Å². The van der Waals surface area contributed by atoms with Crippen LogP contribution in [0.2, 0.25) is 5.02 Å². The number of benzene rings is 1. The molecular formula is C11H11ClN4O2. The minimum Gasteiger partial charge on any atom is -0.494 e. The van der Waals surface area contributed by atoms with Gasteiger partial charge in [-0.05, 0) is 12.1 Å². The van der Waals surface area contributed by atoms with Crippen LogP contribution in [0.15, 0.2) is 18.3 Å². The molecule has 1 aromatic heterocycles. The van der Waals surface area contributed by atoms with Gasteiger partial charge in [0.1, 0.15) is 11.3 Å². The lowest BCUT2D eigenvalue weighted by atomic mass is 10.1. The average Bonchev–Trinajstić information content (AvgIpc) is 2.38. The van der Waals surface area contributed by atoms with Gasteiger partial charge in [-0.2, -0.15) is 0 Å². The second-order valence-electron chi connectivity index (χ2n) is 3.53. The van der Waals surface area contributed by atoms with Gasteiger partial charge in [-0.25, -0.2) is 5.84 Å². The molecule has 0 unspecified atom stereocenters. The first-order chi connectivity index (χ1) is 8.60. The second-order valence-corrected chi connectivity index (χ2v) is 3.94. The fourth-order valence-electron chi connectivity index (χ4n) is 1.69. The highest BCUT2D eigenvalue weighted by molar-refractivity contribution is 6.37. The molecule has 0 saturated heterocycles. The molecule has 2 rings (SSSR count). The number of aromatic nitrogens is 1. The van der Waals surface area contributed by atoms with E-state index in [9.17, 15) is 4.79 Å². The zero-order valence-electron chi connectivity index (χ0n) is 9.53. The molecule has 1 aromatic carbocycles. The number of carbonyl (C=O) groups excluding carboxylic acids is 1. The first-order valence-electron chi connectivity index (χ1n) is 5.01. The van der Waals surface area contributed by atoms with Gasteiger partial charge in [0.15, 0.2) is 0 Å². The van der Waals surface area contributed by atoms with Gasteiger partial charge in [0.05, 0.1) is 23.4 Å². The highest BCUT2D eigenvalue weighted by atomic mass is 35.5. The Kier molecular flexibility index (Phi) is 3.22. The predicted molar refractivity (Wildman–Crippen MR) is 69.4 cm³/mol. The lowest BCUT2D eigenvalue weighted by Gasteiger charge is -2.11. The summed E-state index contributed by atoms with van der Waals surface area (Å²) in [6.45, 7) is 0. The van der Waals surface area contributed by atoms with Gasteiger partial charge in [-0.3, -0.25) is 15.2 Å². The molecule has 1 amide bonds. The van der Waals surface area contributed by atoms with E-state index >= 15 is 0 Å². The number of nitrogens with zero attached hydrogens (tertiary/aromatic N) is 1. The van der Waals surface area contributed by atoms with Crippen LogP contribution in [0, 0.1) is 0 Å². The number of pyridine rings is 1. The van der Waals surface area contributed by atoms with Gasteiger partial charge >= 0.3 is 0 Å². The second kappa shape index (κ2) is 4.67. The monoisotopic (exact) mass is 266 g/mol. The van der Waals surface area contributed by atoms with Crippen LogP contribution >= 0.6 is 11.6 Å². The Morgan fingerprint density at radius 1 is 1.50 bits per heavy atom. The van der Waals surface area contributed by atoms with Crippen molar-refractivity contribution < 1.29 is 9.53 Å². The molecule has 0 saturated carbocycles. The van der Waals surface area contributed by atoms with Crippen LogP contribution in [0.3, 0.4) is 0 Å². The van der Waals surface area contributed by atoms with Crippen LogP contribution in [-0.2, 0) is 0 Å². The van der Waals surface area contributed by atoms with Crippen molar-refractivity contribution in [2.24, 2.45) is 5.84 Å². The van der Waals surface area contributed by atoms with Crippen LogP contribution in [0.5, 0.6) is 5.75 Å². The number of hydrogen-bond donors (Lipinski definition) is 3. The normalized spacial score (nSPS) is 10.4. The third-order valence-corrected chi connectivity index (χ3v) is 2.88. The van der Waals surface area contributed by atoms with Crippen LogP contribution in [0.4, 0.5) is 5.69 Å². The summed E-state index contributed by atoms with van der Waals surface area (Å²) < 4.78 is 5.16. The van der Waals surface area contributed by atoms with Crippen LogP contribution in [0.1, 0.15) is 10.4 Å². The number of hydrogen-bond acceptors (Lipinski definition) is 5.